The molecule has 0 atom stereocenters. The van der Waals surface area contributed by atoms with Gasteiger partial charge in [-0.1, -0.05) is 31.2 Å². The summed E-state index contributed by atoms with van der Waals surface area (Å²) in [6, 6.07) is 0. The maximum atomic E-state index is 2.21. The number of allylic oxidation sites excluding steroid dienone is 4. The highest BCUT2D eigenvalue weighted by Gasteiger charge is 1.84. The molecule has 0 aliphatic heterocycles. The van der Waals surface area contributed by atoms with Crippen LogP contribution in [0.5, 0.6) is 0 Å². The number of rotatable bonds is 0. The average Bonchev–Trinajstić information content (AvgIpc) is 1.86. The van der Waals surface area contributed by atoms with E-state index in [2.05, 4.69) is 25.2 Å². The van der Waals surface area contributed by atoms with Gasteiger partial charge in [0.25, 0.3) is 0 Å². The molecule has 0 N–H and O–H groups in total. The molecule has 0 saturated heterocycles. The van der Waals surface area contributed by atoms with Crippen LogP contribution in [0.25, 0.3) is 0 Å². The van der Waals surface area contributed by atoms with Crippen molar-refractivity contribution < 1.29 is 0 Å². The molecule has 0 aromatic heterocycles. The van der Waals surface area contributed by atoms with Crippen molar-refractivity contribution in [1.82, 2.24) is 0 Å². The Kier molecular flexibility index (Phi) is 2.42. The Morgan fingerprint density at radius 2 is 2.29 bits per heavy atom. The largest absolute Gasteiger partial charge is 0.0805 e. The normalized spacial score (nSPS) is 15.9. The molecule has 0 spiro atoms. The zero-order chi connectivity index (χ0) is 4.41. The highest BCUT2D eigenvalue weighted by atomic mass is 13.9. The summed E-state index contributed by atoms with van der Waals surface area (Å²) in [5.74, 6) is 0. The average molecular weight is 96.2 g/mol. The molecule has 1 aliphatic rings. The molecule has 1 rings (SSSR count). The predicted molar refractivity (Wildman–Crippen MR) is 34.2 cm³/mol. The third-order valence-electron chi connectivity index (χ3n) is 0.957. The molecule has 0 unspecified atom stereocenters. The molecule has 0 bridgehead atoms. The van der Waals surface area contributed by atoms with E-state index < -0.39 is 0 Å². The quantitative estimate of drug-likeness (QED) is 0.434. The first kappa shape index (κ1) is 6.48. The van der Waals surface area contributed by atoms with Crippen LogP contribution in [0.2, 0.25) is 0 Å². The third-order valence-corrected chi connectivity index (χ3v) is 0.957. The Morgan fingerprint density at radius 3 is 2.43 bits per heavy atom. The van der Waals surface area contributed by atoms with Crippen LogP contribution in [0, 0.1) is 0 Å². The Morgan fingerprint density at radius 1 is 1.57 bits per heavy atom. The lowest BCUT2D eigenvalue weighted by molar-refractivity contribution is 1.42. The SMILES string of the molecule is C.CC1=CCC=C1. The van der Waals surface area contributed by atoms with Gasteiger partial charge in [0, 0.05) is 0 Å². The molecule has 0 heteroatoms. The first-order valence-electron chi connectivity index (χ1n) is 2.23. The summed E-state index contributed by atoms with van der Waals surface area (Å²) >= 11 is 0. The van der Waals surface area contributed by atoms with E-state index in [4.69, 9.17) is 0 Å². The predicted octanol–water partition coefficient (Wildman–Crippen LogP) is 2.53. The van der Waals surface area contributed by atoms with E-state index >= 15 is 0 Å². The van der Waals surface area contributed by atoms with Crippen molar-refractivity contribution in [3.05, 3.63) is 23.8 Å². The second kappa shape index (κ2) is 2.62. The van der Waals surface area contributed by atoms with Gasteiger partial charge < -0.3 is 0 Å². The van der Waals surface area contributed by atoms with Gasteiger partial charge in [-0.25, -0.2) is 0 Å². The molecule has 7 heavy (non-hydrogen) atoms. The maximum Gasteiger partial charge on any atom is -0.0160 e. The topological polar surface area (TPSA) is 0 Å². The van der Waals surface area contributed by atoms with E-state index in [-0.39, 0.29) is 7.43 Å². The molecular weight excluding hydrogens is 84.1 g/mol. The van der Waals surface area contributed by atoms with Gasteiger partial charge in [-0.3, -0.25) is 0 Å². The standard InChI is InChI=1S/C6H8.CH4/c1-6-4-2-3-5-6;/h2,4-5H,3H2,1H3;1H4. The van der Waals surface area contributed by atoms with Crippen LogP contribution in [0.1, 0.15) is 20.8 Å². The molecule has 0 saturated carbocycles. The maximum absolute atomic E-state index is 2.21. The summed E-state index contributed by atoms with van der Waals surface area (Å²) in [5, 5.41) is 0. The van der Waals surface area contributed by atoms with Crippen LogP contribution in [-0.2, 0) is 0 Å². The lowest BCUT2D eigenvalue weighted by atomic mass is 10.3. The van der Waals surface area contributed by atoms with E-state index in [1.54, 1.807) is 0 Å². The zero-order valence-corrected chi connectivity index (χ0v) is 3.94. The Labute approximate surface area is 45.5 Å². The van der Waals surface area contributed by atoms with Crippen LogP contribution in [0.3, 0.4) is 0 Å². The molecule has 1 aliphatic carbocycles. The molecule has 0 heterocycles. The monoisotopic (exact) mass is 96.1 g/mol. The minimum absolute atomic E-state index is 0. The van der Waals surface area contributed by atoms with Crippen molar-refractivity contribution >= 4 is 0 Å². The van der Waals surface area contributed by atoms with E-state index in [1.807, 2.05) is 0 Å². The van der Waals surface area contributed by atoms with Crippen molar-refractivity contribution in [2.75, 3.05) is 0 Å². The fourth-order valence-electron chi connectivity index (χ4n) is 0.576. The summed E-state index contributed by atoms with van der Waals surface area (Å²) in [6.07, 6.45) is 7.65. The smallest absolute Gasteiger partial charge is 0.0160 e. The first-order chi connectivity index (χ1) is 2.89. The van der Waals surface area contributed by atoms with Crippen LogP contribution in [0.15, 0.2) is 23.8 Å². The van der Waals surface area contributed by atoms with Gasteiger partial charge in [0.1, 0.15) is 0 Å². The van der Waals surface area contributed by atoms with Crippen molar-refractivity contribution in [2.24, 2.45) is 0 Å². The minimum atomic E-state index is 0. The Bertz CT molecular complexity index is 93.9. The van der Waals surface area contributed by atoms with Crippen LogP contribution in [0.4, 0.5) is 0 Å². The van der Waals surface area contributed by atoms with Gasteiger partial charge in [-0.15, -0.1) is 0 Å². The molecule has 0 radical (unpaired) electrons. The van der Waals surface area contributed by atoms with E-state index in [1.165, 1.54) is 5.57 Å². The highest BCUT2D eigenvalue weighted by Crippen LogP contribution is 2.05. The summed E-state index contributed by atoms with van der Waals surface area (Å²) < 4.78 is 0. The Balaban J connectivity index is 0.000000360. The summed E-state index contributed by atoms with van der Waals surface area (Å²) in [4.78, 5) is 0. The van der Waals surface area contributed by atoms with Crippen molar-refractivity contribution in [1.29, 1.82) is 0 Å². The van der Waals surface area contributed by atoms with Gasteiger partial charge in [0.2, 0.25) is 0 Å². The highest BCUT2D eigenvalue weighted by molar-refractivity contribution is 5.23. The summed E-state index contributed by atoms with van der Waals surface area (Å²) in [5.41, 5.74) is 1.40. The fourth-order valence-corrected chi connectivity index (χ4v) is 0.576. The van der Waals surface area contributed by atoms with Gasteiger partial charge in [0.15, 0.2) is 0 Å². The van der Waals surface area contributed by atoms with Gasteiger partial charge in [-0.2, -0.15) is 0 Å². The van der Waals surface area contributed by atoms with E-state index in [0.29, 0.717) is 0 Å². The van der Waals surface area contributed by atoms with Crippen LogP contribution >= 0.6 is 0 Å². The molecule has 0 amide bonds. The minimum Gasteiger partial charge on any atom is -0.0805 e. The van der Waals surface area contributed by atoms with E-state index in [0.717, 1.165) is 6.42 Å². The number of hydrogen-bond acceptors (Lipinski definition) is 0. The molecule has 0 aromatic carbocycles. The first-order valence-corrected chi connectivity index (χ1v) is 2.23. The second-order valence-corrected chi connectivity index (χ2v) is 1.59. The zero-order valence-electron chi connectivity index (χ0n) is 3.94. The van der Waals surface area contributed by atoms with Crippen molar-refractivity contribution in [3.63, 3.8) is 0 Å². The van der Waals surface area contributed by atoms with Crippen molar-refractivity contribution in [2.45, 2.75) is 20.8 Å². The molecule has 0 nitrogen and oxygen atoms in total. The summed E-state index contributed by atoms with van der Waals surface area (Å²) in [7, 11) is 0. The lowest BCUT2D eigenvalue weighted by Gasteiger charge is -1.72. The Hall–Kier alpha value is -0.520. The van der Waals surface area contributed by atoms with Crippen LogP contribution in [-0.4, -0.2) is 0 Å². The third kappa shape index (κ3) is 1.58. The number of hydrogen-bond donors (Lipinski definition) is 0. The van der Waals surface area contributed by atoms with Gasteiger partial charge in [0.05, 0.1) is 0 Å². The van der Waals surface area contributed by atoms with Crippen LogP contribution < -0.4 is 0 Å². The molecule has 40 valence electrons. The van der Waals surface area contributed by atoms with E-state index in [9.17, 15) is 0 Å². The lowest BCUT2D eigenvalue weighted by Crippen LogP contribution is -1.51. The summed E-state index contributed by atoms with van der Waals surface area (Å²) in [6.45, 7) is 2.11. The second-order valence-electron chi connectivity index (χ2n) is 1.59. The molecule has 0 aromatic rings. The fraction of sp³-hybridized carbons (Fsp3) is 0.429. The van der Waals surface area contributed by atoms with Gasteiger partial charge >= 0.3 is 0 Å². The van der Waals surface area contributed by atoms with Gasteiger partial charge in [-0.05, 0) is 13.3 Å². The van der Waals surface area contributed by atoms with Crippen molar-refractivity contribution in [3.8, 4) is 0 Å². The molecular formula is C7H12. The molecule has 0 fully saturated rings.